The van der Waals surface area contributed by atoms with Gasteiger partial charge in [0, 0.05) is 6.61 Å². The lowest BCUT2D eigenvalue weighted by Crippen LogP contribution is -2.39. The van der Waals surface area contributed by atoms with Crippen LogP contribution in [0, 0.1) is 0 Å². The van der Waals surface area contributed by atoms with E-state index < -0.39 is 0 Å². The molecule has 1 saturated heterocycles. The fourth-order valence-corrected chi connectivity index (χ4v) is 1.64. The van der Waals surface area contributed by atoms with Gasteiger partial charge in [-0.05, 0) is 32.4 Å². The van der Waals surface area contributed by atoms with Crippen LogP contribution in [-0.4, -0.2) is 30.8 Å². The van der Waals surface area contributed by atoms with Crippen LogP contribution in [0.2, 0.25) is 0 Å². The monoisotopic (exact) mass is 157 g/mol. The molecule has 0 bridgehead atoms. The van der Waals surface area contributed by atoms with Crippen molar-refractivity contribution >= 4 is 0 Å². The minimum atomic E-state index is 0.416. The number of hydrogen-bond donors (Lipinski definition) is 0. The number of hydrogen-bond acceptors (Lipinski definition) is 2. The van der Waals surface area contributed by atoms with Crippen LogP contribution in [0.15, 0.2) is 0 Å². The Bertz CT molecular complexity index is 95.7. The topological polar surface area (TPSA) is 12.5 Å². The fourth-order valence-electron chi connectivity index (χ4n) is 1.64. The molecule has 0 spiro atoms. The Kier molecular flexibility index (Phi) is 3.87. The second-order valence-electron chi connectivity index (χ2n) is 3.04. The van der Waals surface area contributed by atoms with Crippen LogP contribution in [-0.2, 0) is 4.74 Å². The van der Waals surface area contributed by atoms with E-state index in [1.54, 1.807) is 0 Å². The number of rotatable bonds is 3. The molecule has 11 heavy (non-hydrogen) atoms. The summed E-state index contributed by atoms with van der Waals surface area (Å²) >= 11 is 0. The molecular weight excluding hydrogens is 138 g/mol. The van der Waals surface area contributed by atoms with Crippen LogP contribution in [0.4, 0.5) is 0 Å². The minimum absolute atomic E-state index is 0.416. The second kappa shape index (κ2) is 4.73. The molecule has 1 fully saturated rings. The zero-order valence-electron chi connectivity index (χ0n) is 7.68. The van der Waals surface area contributed by atoms with E-state index >= 15 is 0 Å². The lowest BCUT2D eigenvalue weighted by atomic mass is 10.1. The third-order valence-electron chi connectivity index (χ3n) is 2.38. The van der Waals surface area contributed by atoms with Gasteiger partial charge in [-0.15, -0.1) is 0 Å². The Balaban J connectivity index is 2.30. The Morgan fingerprint density at radius 2 is 2.00 bits per heavy atom. The molecule has 0 aromatic rings. The number of nitrogens with zero attached hydrogens (tertiary/aromatic N) is 1. The quantitative estimate of drug-likeness (QED) is 0.620. The third kappa shape index (κ3) is 2.46. The molecule has 0 N–H and O–H groups in total. The van der Waals surface area contributed by atoms with Gasteiger partial charge in [0.15, 0.2) is 0 Å². The molecule has 2 heteroatoms. The molecular formula is C9H19NO. The van der Waals surface area contributed by atoms with Crippen LogP contribution >= 0.6 is 0 Å². The zero-order chi connectivity index (χ0) is 8.10. The first-order valence-electron chi connectivity index (χ1n) is 4.74. The van der Waals surface area contributed by atoms with Crippen LogP contribution in [0.3, 0.4) is 0 Å². The molecule has 0 aromatic carbocycles. The summed E-state index contributed by atoms with van der Waals surface area (Å²) < 4.78 is 5.65. The van der Waals surface area contributed by atoms with Crippen molar-refractivity contribution in [3.8, 4) is 0 Å². The minimum Gasteiger partial charge on any atom is -0.363 e. The van der Waals surface area contributed by atoms with Gasteiger partial charge in [-0.1, -0.05) is 13.8 Å². The van der Waals surface area contributed by atoms with Gasteiger partial charge in [0.05, 0.1) is 0 Å². The third-order valence-corrected chi connectivity index (χ3v) is 2.38. The van der Waals surface area contributed by atoms with Crippen molar-refractivity contribution in [1.29, 1.82) is 0 Å². The van der Waals surface area contributed by atoms with Crippen molar-refractivity contribution in [2.24, 2.45) is 0 Å². The molecule has 1 heterocycles. The molecule has 1 rings (SSSR count). The average molecular weight is 157 g/mol. The lowest BCUT2D eigenvalue weighted by Gasteiger charge is -2.32. The Labute approximate surface area is 69.5 Å². The van der Waals surface area contributed by atoms with Gasteiger partial charge in [0.2, 0.25) is 0 Å². The average Bonchev–Trinajstić information content (AvgIpc) is 2.09. The van der Waals surface area contributed by atoms with Crippen molar-refractivity contribution in [3.63, 3.8) is 0 Å². The normalized spacial score (nSPS) is 25.9. The molecule has 1 atom stereocenters. The van der Waals surface area contributed by atoms with Gasteiger partial charge in [-0.2, -0.15) is 0 Å². The highest BCUT2D eigenvalue weighted by Gasteiger charge is 2.18. The van der Waals surface area contributed by atoms with Gasteiger partial charge in [0.25, 0.3) is 0 Å². The molecule has 1 aliphatic rings. The maximum absolute atomic E-state index is 5.65. The second-order valence-corrected chi connectivity index (χ2v) is 3.04. The van der Waals surface area contributed by atoms with Crippen LogP contribution in [0.5, 0.6) is 0 Å². The van der Waals surface area contributed by atoms with Crippen molar-refractivity contribution in [3.05, 3.63) is 0 Å². The van der Waals surface area contributed by atoms with E-state index in [0.717, 1.165) is 19.7 Å². The highest BCUT2D eigenvalue weighted by molar-refractivity contribution is 4.64. The molecule has 0 amide bonds. The summed E-state index contributed by atoms with van der Waals surface area (Å²) in [6.07, 6.45) is 4.22. The Hall–Kier alpha value is -0.0800. The van der Waals surface area contributed by atoms with Crippen molar-refractivity contribution in [2.75, 3.05) is 19.7 Å². The maximum atomic E-state index is 5.65. The van der Waals surface area contributed by atoms with Gasteiger partial charge >= 0.3 is 0 Å². The van der Waals surface area contributed by atoms with Crippen molar-refractivity contribution in [2.45, 2.75) is 39.3 Å². The molecule has 0 saturated carbocycles. The van der Waals surface area contributed by atoms with E-state index in [9.17, 15) is 0 Å². The Morgan fingerprint density at radius 1 is 1.27 bits per heavy atom. The molecule has 0 aromatic heterocycles. The summed E-state index contributed by atoms with van der Waals surface area (Å²) in [7, 11) is 0. The molecule has 0 aliphatic carbocycles. The van der Waals surface area contributed by atoms with E-state index in [1.807, 2.05) is 0 Å². The predicted molar refractivity (Wildman–Crippen MR) is 46.5 cm³/mol. The first-order valence-corrected chi connectivity index (χ1v) is 4.74. The summed E-state index contributed by atoms with van der Waals surface area (Å²) in [6, 6.07) is 0. The first-order chi connectivity index (χ1) is 5.38. The summed E-state index contributed by atoms with van der Waals surface area (Å²) in [6.45, 7) is 7.58. The van der Waals surface area contributed by atoms with E-state index in [1.165, 1.54) is 19.3 Å². The van der Waals surface area contributed by atoms with Crippen LogP contribution < -0.4 is 0 Å². The van der Waals surface area contributed by atoms with Crippen molar-refractivity contribution < 1.29 is 4.74 Å². The maximum Gasteiger partial charge on any atom is 0.110 e. The van der Waals surface area contributed by atoms with E-state index in [0.29, 0.717) is 6.23 Å². The zero-order valence-corrected chi connectivity index (χ0v) is 7.68. The molecule has 1 unspecified atom stereocenters. The standard InChI is InChI=1S/C9H19NO/c1-3-10(4-2)9-7-5-6-8-11-9/h9H,3-8H2,1-2H3. The molecule has 2 nitrogen and oxygen atoms in total. The van der Waals surface area contributed by atoms with Gasteiger partial charge in [-0.25, -0.2) is 0 Å². The van der Waals surface area contributed by atoms with Gasteiger partial charge < -0.3 is 4.74 Å². The molecule has 0 radical (unpaired) electrons. The Morgan fingerprint density at radius 3 is 2.45 bits per heavy atom. The summed E-state index contributed by atoms with van der Waals surface area (Å²) in [5, 5.41) is 0. The lowest BCUT2D eigenvalue weighted by molar-refractivity contribution is -0.0817. The highest BCUT2D eigenvalue weighted by Crippen LogP contribution is 2.15. The summed E-state index contributed by atoms with van der Waals surface area (Å²) in [5.41, 5.74) is 0. The van der Waals surface area contributed by atoms with E-state index in [2.05, 4.69) is 18.7 Å². The summed E-state index contributed by atoms with van der Waals surface area (Å²) in [4.78, 5) is 2.39. The fraction of sp³-hybridized carbons (Fsp3) is 1.00. The first kappa shape index (κ1) is 9.01. The van der Waals surface area contributed by atoms with E-state index in [4.69, 9.17) is 4.74 Å². The van der Waals surface area contributed by atoms with Crippen LogP contribution in [0.25, 0.3) is 0 Å². The largest absolute Gasteiger partial charge is 0.363 e. The van der Waals surface area contributed by atoms with Crippen LogP contribution in [0.1, 0.15) is 33.1 Å². The summed E-state index contributed by atoms with van der Waals surface area (Å²) in [5.74, 6) is 0. The van der Waals surface area contributed by atoms with Crippen molar-refractivity contribution in [1.82, 2.24) is 4.90 Å². The number of ether oxygens (including phenoxy) is 1. The van der Waals surface area contributed by atoms with E-state index in [-0.39, 0.29) is 0 Å². The SMILES string of the molecule is CCN(CC)C1CCCCO1. The highest BCUT2D eigenvalue weighted by atomic mass is 16.5. The van der Waals surface area contributed by atoms with Gasteiger partial charge in [0.1, 0.15) is 6.23 Å². The van der Waals surface area contributed by atoms with Gasteiger partial charge in [-0.3, -0.25) is 4.90 Å². The smallest absolute Gasteiger partial charge is 0.110 e. The molecule has 66 valence electrons. The molecule has 1 aliphatic heterocycles. The predicted octanol–water partition coefficient (Wildman–Crippen LogP) is 1.85.